The molecule has 3 N–H and O–H groups in total. The first-order chi connectivity index (χ1) is 17.0. The number of amides is 2. The summed E-state index contributed by atoms with van der Waals surface area (Å²) in [7, 11) is 0. The maximum absolute atomic E-state index is 12.3. The number of nitrogens with two attached hydrogens (primary N) is 1. The Labute approximate surface area is 203 Å². The highest BCUT2D eigenvalue weighted by molar-refractivity contribution is 6.02. The lowest BCUT2D eigenvalue weighted by Crippen LogP contribution is -2.48. The fourth-order valence-corrected chi connectivity index (χ4v) is 4.62. The van der Waals surface area contributed by atoms with Crippen LogP contribution in [0.5, 0.6) is 0 Å². The van der Waals surface area contributed by atoms with E-state index in [1.165, 1.54) is 5.56 Å². The Bertz CT molecular complexity index is 1240. The van der Waals surface area contributed by atoms with E-state index >= 15 is 0 Å². The number of aromatic nitrogens is 4. The van der Waals surface area contributed by atoms with Gasteiger partial charge < -0.3 is 15.9 Å². The van der Waals surface area contributed by atoms with E-state index in [0.717, 1.165) is 38.2 Å². The standard InChI is InChI=1S/C25H28N8O2/c1-27-17-25(33-16-21(22(26)34)23(30-33)29-24(35)19-5-6-19)9-13-31(14-10-25)15-18-3-7-20(8-4-18)32-12-2-11-28-32/h2-4,7-8,11-12,16,19H,5-6,9-10,13-15,17H2,(H2,26,34)(H,29,30,35). The van der Waals surface area contributed by atoms with Crippen molar-refractivity contribution in [1.82, 2.24) is 24.5 Å². The van der Waals surface area contributed by atoms with Crippen molar-refractivity contribution >= 4 is 17.6 Å². The van der Waals surface area contributed by atoms with Crippen molar-refractivity contribution in [2.75, 3.05) is 25.0 Å². The first-order valence-electron chi connectivity index (χ1n) is 11.8. The molecular weight excluding hydrogens is 444 g/mol. The highest BCUT2D eigenvalue weighted by Crippen LogP contribution is 2.34. The predicted octanol–water partition coefficient (Wildman–Crippen LogP) is 2.43. The van der Waals surface area contributed by atoms with Crippen molar-refractivity contribution in [3.05, 3.63) is 71.5 Å². The molecule has 10 heteroatoms. The van der Waals surface area contributed by atoms with Gasteiger partial charge in [-0.05, 0) is 49.4 Å². The second-order valence-electron chi connectivity index (χ2n) is 9.40. The van der Waals surface area contributed by atoms with Gasteiger partial charge in [0.25, 0.3) is 5.91 Å². The molecule has 1 aliphatic carbocycles. The number of nitrogens with one attached hydrogen (secondary N) is 1. The zero-order valence-corrected chi connectivity index (χ0v) is 19.4. The summed E-state index contributed by atoms with van der Waals surface area (Å²) >= 11 is 0. The monoisotopic (exact) mass is 472 g/mol. The van der Waals surface area contributed by atoms with Crippen molar-refractivity contribution in [3.8, 4) is 5.69 Å². The number of primary amides is 1. The fraction of sp³-hybridized carbons (Fsp3) is 0.400. The van der Waals surface area contributed by atoms with Crippen LogP contribution in [0.3, 0.4) is 0 Å². The fourth-order valence-electron chi connectivity index (χ4n) is 4.62. The Kier molecular flexibility index (Phi) is 6.09. The van der Waals surface area contributed by atoms with Crippen LogP contribution in [0.1, 0.15) is 41.6 Å². The first kappa shape index (κ1) is 22.8. The molecule has 3 aromatic rings. The highest BCUT2D eigenvalue weighted by Gasteiger charge is 2.41. The summed E-state index contributed by atoms with van der Waals surface area (Å²) in [5, 5.41) is 11.6. The average molecular weight is 473 g/mol. The third kappa shape index (κ3) is 4.81. The summed E-state index contributed by atoms with van der Waals surface area (Å²) in [6, 6.07) is 10.2. The zero-order valence-electron chi connectivity index (χ0n) is 19.4. The van der Waals surface area contributed by atoms with Gasteiger partial charge in [0.05, 0.1) is 5.69 Å². The topological polar surface area (TPSA) is 115 Å². The summed E-state index contributed by atoms with van der Waals surface area (Å²) < 4.78 is 3.53. The van der Waals surface area contributed by atoms with E-state index in [9.17, 15) is 9.59 Å². The van der Waals surface area contributed by atoms with Gasteiger partial charge in [0, 0.05) is 44.1 Å². The number of nitrogens with zero attached hydrogens (tertiary/aromatic N) is 6. The van der Waals surface area contributed by atoms with Gasteiger partial charge in [-0.15, -0.1) is 0 Å². The molecule has 2 aromatic heterocycles. The highest BCUT2D eigenvalue weighted by atomic mass is 16.2. The van der Waals surface area contributed by atoms with E-state index in [1.807, 2.05) is 16.9 Å². The van der Waals surface area contributed by atoms with Gasteiger partial charge in [-0.1, -0.05) is 12.1 Å². The Morgan fingerprint density at radius 3 is 2.54 bits per heavy atom. The molecular formula is C25H28N8O2. The molecule has 2 aliphatic rings. The van der Waals surface area contributed by atoms with Gasteiger partial charge >= 0.3 is 0 Å². The lowest BCUT2D eigenvalue weighted by molar-refractivity contribution is -0.117. The molecule has 0 spiro atoms. The number of hydrogen-bond donors (Lipinski definition) is 2. The van der Waals surface area contributed by atoms with Crippen LogP contribution in [0, 0.1) is 12.5 Å². The van der Waals surface area contributed by atoms with E-state index < -0.39 is 11.4 Å². The lowest BCUT2D eigenvalue weighted by atomic mass is 9.87. The summed E-state index contributed by atoms with van der Waals surface area (Å²) in [5.41, 5.74) is 7.43. The van der Waals surface area contributed by atoms with Gasteiger partial charge in [-0.3, -0.25) is 19.2 Å². The van der Waals surface area contributed by atoms with Crippen LogP contribution >= 0.6 is 0 Å². The van der Waals surface area contributed by atoms with Gasteiger partial charge in [0.15, 0.2) is 5.82 Å². The molecule has 0 unspecified atom stereocenters. The number of benzene rings is 1. The summed E-state index contributed by atoms with van der Waals surface area (Å²) in [5.74, 6) is -0.602. The number of carbonyl (C=O) groups excluding carboxylic acids is 2. The summed E-state index contributed by atoms with van der Waals surface area (Å²) in [6.45, 7) is 10.2. The van der Waals surface area contributed by atoms with Crippen LogP contribution in [0.4, 0.5) is 5.82 Å². The van der Waals surface area contributed by atoms with E-state index in [2.05, 4.69) is 49.5 Å². The molecule has 180 valence electrons. The van der Waals surface area contributed by atoms with E-state index in [4.69, 9.17) is 12.3 Å². The van der Waals surface area contributed by atoms with Crippen molar-refractivity contribution < 1.29 is 9.59 Å². The molecule has 0 atom stereocenters. The molecule has 2 amide bonds. The number of piperidine rings is 1. The maximum Gasteiger partial charge on any atom is 0.254 e. The lowest BCUT2D eigenvalue weighted by Gasteiger charge is -2.38. The smallest absolute Gasteiger partial charge is 0.254 e. The number of rotatable bonds is 8. The number of likely N-dealkylation sites (tertiary alicyclic amines) is 1. The quantitative estimate of drug-likeness (QED) is 0.489. The molecule has 1 saturated carbocycles. The first-order valence-corrected chi connectivity index (χ1v) is 11.8. The second-order valence-corrected chi connectivity index (χ2v) is 9.40. The molecule has 5 rings (SSSR count). The van der Waals surface area contributed by atoms with Gasteiger partial charge in [0.1, 0.15) is 11.1 Å². The van der Waals surface area contributed by atoms with Crippen molar-refractivity contribution in [3.63, 3.8) is 0 Å². The van der Waals surface area contributed by atoms with Crippen LogP contribution in [-0.4, -0.2) is 55.9 Å². The molecule has 1 aromatic carbocycles. The predicted molar refractivity (Wildman–Crippen MR) is 130 cm³/mol. The van der Waals surface area contributed by atoms with Crippen LogP contribution in [0.2, 0.25) is 0 Å². The van der Waals surface area contributed by atoms with E-state index in [-0.39, 0.29) is 29.8 Å². The minimum Gasteiger partial charge on any atom is -0.365 e. The molecule has 2 fully saturated rings. The van der Waals surface area contributed by atoms with Crippen LogP contribution < -0.4 is 11.1 Å². The minimum absolute atomic E-state index is 0.0186. The van der Waals surface area contributed by atoms with E-state index in [1.54, 1.807) is 17.1 Å². The molecule has 0 radical (unpaired) electrons. The molecule has 1 aliphatic heterocycles. The largest absolute Gasteiger partial charge is 0.365 e. The van der Waals surface area contributed by atoms with Crippen molar-refractivity contribution in [1.29, 1.82) is 0 Å². The molecule has 1 saturated heterocycles. The van der Waals surface area contributed by atoms with Crippen LogP contribution in [0.25, 0.3) is 10.5 Å². The summed E-state index contributed by atoms with van der Waals surface area (Å²) in [4.78, 5) is 30.4. The number of hydrogen-bond acceptors (Lipinski definition) is 5. The molecule has 0 bridgehead atoms. The number of carbonyl (C=O) groups is 2. The van der Waals surface area contributed by atoms with Gasteiger partial charge in [0.2, 0.25) is 12.5 Å². The minimum atomic E-state index is -0.642. The van der Waals surface area contributed by atoms with Crippen LogP contribution in [0.15, 0.2) is 48.9 Å². The Morgan fingerprint density at radius 2 is 1.94 bits per heavy atom. The Hall–Kier alpha value is -3.97. The molecule has 35 heavy (non-hydrogen) atoms. The molecule has 3 heterocycles. The Balaban J connectivity index is 1.28. The maximum atomic E-state index is 12.3. The molecule has 10 nitrogen and oxygen atoms in total. The number of anilines is 1. The zero-order chi connectivity index (χ0) is 24.4. The van der Waals surface area contributed by atoms with Crippen molar-refractivity contribution in [2.24, 2.45) is 11.7 Å². The van der Waals surface area contributed by atoms with E-state index in [0.29, 0.717) is 12.8 Å². The Morgan fingerprint density at radius 1 is 1.20 bits per heavy atom. The third-order valence-corrected chi connectivity index (χ3v) is 6.93. The van der Waals surface area contributed by atoms with Gasteiger partial charge in [-0.2, -0.15) is 10.2 Å². The second kappa shape index (κ2) is 9.35. The average Bonchev–Trinajstić information content (AvgIpc) is 3.39. The van der Waals surface area contributed by atoms with Crippen molar-refractivity contribution in [2.45, 2.75) is 37.8 Å². The SMILES string of the molecule is [C-]#[N+]CC1(n2cc(C(N)=O)c(NC(=O)C3CC3)n2)CCN(Cc2ccc(-n3cccn3)cc2)CC1. The van der Waals surface area contributed by atoms with Crippen LogP contribution in [-0.2, 0) is 16.9 Å². The summed E-state index contributed by atoms with van der Waals surface area (Å²) in [6.07, 6.45) is 8.38. The third-order valence-electron chi connectivity index (χ3n) is 6.93. The normalized spacial score (nSPS) is 17.6. The van der Waals surface area contributed by atoms with Gasteiger partial charge in [-0.25, -0.2) is 11.3 Å².